The van der Waals surface area contributed by atoms with Crippen molar-refractivity contribution in [3.8, 4) is 0 Å². The zero-order valence-corrected chi connectivity index (χ0v) is 10.4. The molecule has 0 spiro atoms. The first kappa shape index (κ1) is 12.7. The lowest BCUT2D eigenvalue weighted by atomic mass is 9.93. The summed E-state index contributed by atoms with van der Waals surface area (Å²) >= 11 is 5.78. The van der Waals surface area contributed by atoms with Crippen molar-refractivity contribution in [1.29, 1.82) is 0 Å². The molecule has 1 fully saturated rings. The number of halogens is 1. The molecule has 0 saturated carbocycles. The van der Waals surface area contributed by atoms with Gasteiger partial charge in [-0.2, -0.15) is 0 Å². The fourth-order valence-electron chi connectivity index (χ4n) is 1.86. The third-order valence-electron chi connectivity index (χ3n) is 2.81. The van der Waals surface area contributed by atoms with E-state index in [0.29, 0.717) is 30.5 Å². The molecule has 2 N–H and O–H groups in total. The molecule has 2 rings (SSSR count). The van der Waals surface area contributed by atoms with Gasteiger partial charge in [-0.15, -0.1) is 0 Å². The Kier molecular flexibility index (Phi) is 3.93. The van der Waals surface area contributed by atoms with Gasteiger partial charge in [-0.05, 0) is 13.0 Å². The largest absolute Gasteiger partial charge is 0.387 e. The normalized spacial score (nSPS) is 24.3. The van der Waals surface area contributed by atoms with E-state index < -0.39 is 5.60 Å². The van der Waals surface area contributed by atoms with Crippen molar-refractivity contribution < 1.29 is 9.84 Å². The molecule has 0 bridgehead atoms. The monoisotopic (exact) mass is 257 g/mol. The molecule has 1 aromatic rings. The molecule has 1 saturated heterocycles. The predicted molar refractivity (Wildman–Crippen MR) is 64.0 cm³/mol. The summed E-state index contributed by atoms with van der Waals surface area (Å²) in [6, 6.07) is 1.61. The van der Waals surface area contributed by atoms with E-state index in [2.05, 4.69) is 15.3 Å². The topological polar surface area (TPSA) is 67.3 Å². The first-order valence-electron chi connectivity index (χ1n) is 5.60. The summed E-state index contributed by atoms with van der Waals surface area (Å²) < 4.78 is 5.54. The van der Waals surface area contributed by atoms with Crippen LogP contribution in [0.15, 0.2) is 12.3 Å². The van der Waals surface area contributed by atoms with Crippen LogP contribution >= 0.6 is 11.6 Å². The standard InChI is InChI=1S/C11H16ClN3O2/c1-11(16,8-7-13-4-5-17-8)6-10-14-3-2-9(12)15-10/h2-3,8,13,16H,4-7H2,1H3. The summed E-state index contributed by atoms with van der Waals surface area (Å²) in [5.74, 6) is 0.525. The second-order valence-corrected chi connectivity index (χ2v) is 4.78. The average Bonchev–Trinajstić information content (AvgIpc) is 2.29. The minimum Gasteiger partial charge on any atom is -0.387 e. The molecule has 2 heterocycles. The van der Waals surface area contributed by atoms with Gasteiger partial charge in [0.2, 0.25) is 0 Å². The number of nitrogens with one attached hydrogen (secondary N) is 1. The van der Waals surface area contributed by atoms with Gasteiger partial charge in [-0.25, -0.2) is 9.97 Å². The van der Waals surface area contributed by atoms with Gasteiger partial charge in [0.25, 0.3) is 0 Å². The van der Waals surface area contributed by atoms with Crippen LogP contribution in [0.2, 0.25) is 5.15 Å². The van der Waals surface area contributed by atoms with Crippen LogP contribution in [-0.2, 0) is 11.2 Å². The van der Waals surface area contributed by atoms with Crippen LogP contribution in [0.1, 0.15) is 12.7 Å². The van der Waals surface area contributed by atoms with E-state index in [0.717, 1.165) is 6.54 Å². The van der Waals surface area contributed by atoms with E-state index in [9.17, 15) is 5.11 Å². The van der Waals surface area contributed by atoms with Crippen LogP contribution in [0.5, 0.6) is 0 Å². The summed E-state index contributed by atoms with van der Waals surface area (Å²) in [6.45, 7) is 3.79. The van der Waals surface area contributed by atoms with Crippen molar-refractivity contribution in [2.45, 2.75) is 25.0 Å². The molecule has 2 atom stereocenters. The number of aromatic nitrogens is 2. The summed E-state index contributed by atoms with van der Waals surface area (Å²) in [7, 11) is 0. The quantitative estimate of drug-likeness (QED) is 0.768. The molecule has 5 nitrogen and oxygen atoms in total. The Morgan fingerprint density at radius 1 is 1.71 bits per heavy atom. The Morgan fingerprint density at radius 2 is 2.53 bits per heavy atom. The van der Waals surface area contributed by atoms with Gasteiger partial charge in [0.15, 0.2) is 0 Å². The Morgan fingerprint density at radius 3 is 3.18 bits per heavy atom. The molecule has 0 aliphatic carbocycles. The highest BCUT2D eigenvalue weighted by Gasteiger charge is 2.35. The van der Waals surface area contributed by atoms with Crippen molar-refractivity contribution in [3.05, 3.63) is 23.2 Å². The zero-order valence-electron chi connectivity index (χ0n) is 9.69. The van der Waals surface area contributed by atoms with Crippen molar-refractivity contribution in [2.75, 3.05) is 19.7 Å². The molecule has 17 heavy (non-hydrogen) atoms. The van der Waals surface area contributed by atoms with E-state index in [1.807, 2.05) is 0 Å². The zero-order chi connectivity index (χ0) is 12.3. The van der Waals surface area contributed by atoms with Crippen molar-refractivity contribution in [3.63, 3.8) is 0 Å². The number of morpholine rings is 1. The molecular formula is C11H16ClN3O2. The van der Waals surface area contributed by atoms with E-state index in [1.54, 1.807) is 19.2 Å². The maximum Gasteiger partial charge on any atom is 0.132 e. The first-order valence-corrected chi connectivity index (χ1v) is 5.98. The maximum absolute atomic E-state index is 10.4. The summed E-state index contributed by atoms with van der Waals surface area (Å²) in [5, 5.41) is 14.0. The summed E-state index contributed by atoms with van der Waals surface area (Å²) in [4.78, 5) is 8.16. The number of rotatable bonds is 3. The number of hydrogen-bond acceptors (Lipinski definition) is 5. The Bertz CT molecular complexity index is 381. The smallest absolute Gasteiger partial charge is 0.132 e. The van der Waals surface area contributed by atoms with Gasteiger partial charge >= 0.3 is 0 Å². The third kappa shape index (κ3) is 3.35. The lowest BCUT2D eigenvalue weighted by Gasteiger charge is -2.35. The molecule has 0 radical (unpaired) electrons. The molecule has 2 unspecified atom stereocenters. The summed E-state index contributed by atoms with van der Waals surface area (Å²) in [5.41, 5.74) is -1.00. The Labute approximate surface area is 105 Å². The second kappa shape index (κ2) is 5.27. The Hall–Kier alpha value is -0.750. The van der Waals surface area contributed by atoms with Gasteiger partial charge in [-0.1, -0.05) is 11.6 Å². The Balaban J connectivity index is 2.05. The van der Waals surface area contributed by atoms with E-state index in [4.69, 9.17) is 16.3 Å². The van der Waals surface area contributed by atoms with Gasteiger partial charge in [-0.3, -0.25) is 0 Å². The van der Waals surface area contributed by atoms with Gasteiger partial charge in [0.1, 0.15) is 11.0 Å². The van der Waals surface area contributed by atoms with Crippen molar-refractivity contribution in [2.24, 2.45) is 0 Å². The molecule has 0 amide bonds. The second-order valence-electron chi connectivity index (χ2n) is 4.39. The number of nitrogens with zero attached hydrogens (tertiary/aromatic N) is 2. The van der Waals surface area contributed by atoms with E-state index >= 15 is 0 Å². The summed E-state index contributed by atoms with van der Waals surface area (Å²) in [6.07, 6.45) is 1.65. The van der Waals surface area contributed by atoms with Gasteiger partial charge < -0.3 is 15.2 Å². The van der Waals surface area contributed by atoms with Crippen LogP contribution in [0.3, 0.4) is 0 Å². The van der Waals surface area contributed by atoms with Crippen LogP contribution in [0, 0.1) is 0 Å². The highest BCUT2D eigenvalue weighted by molar-refractivity contribution is 6.29. The van der Waals surface area contributed by atoms with E-state index in [-0.39, 0.29) is 6.10 Å². The molecule has 94 valence electrons. The average molecular weight is 258 g/mol. The lowest BCUT2D eigenvalue weighted by Crippen LogP contribution is -2.52. The third-order valence-corrected chi connectivity index (χ3v) is 3.02. The van der Waals surface area contributed by atoms with Gasteiger partial charge in [0.05, 0.1) is 18.3 Å². The number of aliphatic hydroxyl groups is 1. The number of hydrogen-bond donors (Lipinski definition) is 2. The van der Waals surface area contributed by atoms with Gasteiger partial charge in [0, 0.05) is 25.7 Å². The van der Waals surface area contributed by atoms with Crippen molar-refractivity contribution in [1.82, 2.24) is 15.3 Å². The molecule has 1 aliphatic heterocycles. The number of ether oxygens (including phenoxy) is 1. The highest BCUT2D eigenvalue weighted by atomic mass is 35.5. The fourth-order valence-corrected chi connectivity index (χ4v) is 2.01. The van der Waals surface area contributed by atoms with Crippen molar-refractivity contribution >= 4 is 11.6 Å². The molecular weight excluding hydrogens is 242 g/mol. The molecule has 1 aliphatic rings. The van der Waals surface area contributed by atoms with Crippen LogP contribution in [-0.4, -0.2) is 46.5 Å². The lowest BCUT2D eigenvalue weighted by molar-refractivity contribution is -0.109. The van der Waals surface area contributed by atoms with Crippen LogP contribution in [0.25, 0.3) is 0 Å². The first-order chi connectivity index (χ1) is 8.08. The maximum atomic E-state index is 10.4. The molecule has 0 aromatic carbocycles. The van der Waals surface area contributed by atoms with Crippen LogP contribution in [0.4, 0.5) is 0 Å². The minimum atomic E-state index is -1.00. The van der Waals surface area contributed by atoms with Crippen LogP contribution < -0.4 is 5.32 Å². The minimum absolute atomic E-state index is 0.251. The van der Waals surface area contributed by atoms with E-state index in [1.165, 1.54) is 0 Å². The molecule has 6 heteroatoms. The fraction of sp³-hybridized carbons (Fsp3) is 0.636. The predicted octanol–water partition coefficient (Wildman–Crippen LogP) is 0.412. The molecule has 1 aromatic heterocycles. The SMILES string of the molecule is CC(O)(Cc1nccc(Cl)n1)C1CNCCO1. The highest BCUT2D eigenvalue weighted by Crippen LogP contribution is 2.19.